The number of H-pyrrole nitrogens is 2. The van der Waals surface area contributed by atoms with Gasteiger partial charge in [-0.05, 0) is 61.7 Å². The molecule has 0 saturated heterocycles. The van der Waals surface area contributed by atoms with Crippen molar-refractivity contribution in [1.29, 1.82) is 0 Å². The van der Waals surface area contributed by atoms with Crippen LogP contribution in [-0.2, 0) is 14.4 Å². The lowest BCUT2D eigenvalue weighted by molar-refractivity contribution is -0.148. The van der Waals surface area contributed by atoms with E-state index in [9.17, 15) is 14.7 Å². The zero-order chi connectivity index (χ0) is 41.0. The molecule has 1 aliphatic heterocycles. The minimum Gasteiger partial charge on any atom is -0.478 e. The number of aliphatic carboxylic acids is 1. The number of aromatic amines is 2. The van der Waals surface area contributed by atoms with Crippen LogP contribution in [0.4, 0.5) is 5.69 Å². The third-order valence-electron chi connectivity index (χ3n) is 10.3. The number of carboxylic acid groups (broad SMARTS) is 1. The second kappa shape index (κ2) is 23.3. The molecule has 5 aromatic rings. The average molecular weight is 786 g/mol. The van der Waals surface area contributed by atoms with E-state index in [2.05, 4.69) is 75.4 Å². The summed E-state index contributed by atoms with van der Waals surface area (Å²) in [7, 11) is 0. The normalized spacial score (nSPS) is 13.4. The number of imidazole rings is 2. The molecule has 2 aromatic heterocycles. The van der Waals surface area contributed by atoms with Gasteiger partial charge < -0.3 is 30.1 Å². The van der Waals surface area contributed by atoms with Crippen LogP contribution in [0.5, 0.6) is 0 Å². The third kappa shape index (κ3) is 13.0. The van der Waals surface area contributed by atoms with E-state index in [1.807, 2.05) is 54.6 Å². The van der Waals surface area contributed by atoms with E-state index in [0.29, 0.717) is 12.3 Å². The monoisotopic (exact) mass is 785 g/mol. The van der Waals surface area contributed by atoms with E-state index in [1.165, 1.54) is 57.1 Å². The Morgan fingerprint density at radius 2 is 1.43 bits per heavy atom. The molecule has 6 rings (SSSR count). The van der Waals surface area contributed by atoms with Crippen LogP contribution in [0.2, 0.25) is 0 Å². The lowest BCUT2D eigenvalue weighted by Gasteiger charge is -2.20. The SMILES string of the molecule is CCCCCCCCCCCCNC(=O)/C=C/c1ccc(-c2[nH]c(-c3ccc(N(CC)CC)cc3)nc2-c2ccc(C3=NOC(C(=O)O)C3)cc2)cc1.c1c[nH]cn1. The zero-order valence-electron chi connectivity index (χ0n) is 34.3. The Kier molecular flexibility index (Phi) is 17.3. The number of unbranched alkanes of at least 4 members (excludes halogenated alkanes) is 9. The Balaban J connectivity index is 0.00000119. The van der Waals surface area contributed by atoms with Gasteiger partial charge in [0.2, 0.25) is 12.0 Å². The second-order valence-electron chi connectivity index (χ2n) is 14.5. The fourth-order valence-corrected chi connectivity index (χ4v) is 6.88. The van der Waals surface area contributed by atoms with Crippen LogP contribution in [0.25, 0.3) is 40.0 Å². The maximum atomic E-state index is 12.5. The van der Waals surface area contributed by atoms with Crippen LogP contribution in [-0.4, -0.2) is 68.4 Å². The van der Waals surface area contributed by atoms with Crippen molar-refractivity contribution in [3.63, 3.8) is 0 Å². The van der Waals surface area contributed by atoms with Gasteiger partial charge in [0.1, 0.15) is 5.82 Å². The number of carbonyl (C=O) groups excluding carboxylic acids is 1. The summed E-state index contributed by atoms with van der Waals surface area (Å²) in [5, 5.41) is 16.3. The molecule has 1 aliphatic rings. The largest absolute Gasteiger partial charge is 0.478 e. The second-order valence-corrected chi connectivity index (χ2v) is 14.5. The van der Waals surface area contributed by atoms with Crippen molar-refractivity contribution in [3.8, 4) is 33.9 Å². The number of carbonyl (C=O) groups is 2. The molecule has 11 nitrogen and oxygen atoms in total. The summed E-state index contributed by atoms with van der Waals surface area (Å²) >= 11 is 0. The summed E-state index contributed by atoms with van der Waals surface area (Å²) in [6.45, 7) is 9.13. The van der Waals surface area contributed by atoms with Gasteiger partial charge >= 0.3 is 5.97 Å². The molecule has 0 saturated carbocycles. The number of aromatic nitrogens is 4. The van der Waals surface area contributed by atoms with Gasteiger partial charge in [0, 0.05) is 66.9 Å². The molecule has 3 aromatic carbocycles. The Hall–Kier alpha value is -5.97. The fourth-order valence-electron chi connectivity index (χ4n) is 6.88. The first-order chi connectivity index (χ1) is 28.4. The fraction of sp³-hybridized carbons (Fsp3) is 0.383. The van der Waals surface area contributed by atoms with Crippen molar-refractivity contribution in [1.82, 2.24) is 25.3 Å². The molecule has 0 bridgehead atoms. The molecule has 306 valence electrons. The van der Waals surface area contributed by atoms with E-state index >= 15 is 0 Å². The van der Waals surface area contributed by atoms with Crippen molar-refractivity contribution >= 4 is 29.4 Å². The van der Waals surface area contributed by atoms with Gasteiger partial charge in [-0.1, -0.05) is 118 Å². The summed E-state index contributed by atoms with van der Waals surface area (Å²) in [5.74, 6) is -0.343. The number of nitrogens with one attached hydrogen (secondary N) is 3. The van der Waals surface area contributed by atoms with Gasteiger partial charge in [-0.2, -0.15) is 0 Å². The summed E-state index contributed by atoms with van der Waals surface area (Å²) < 4.78 is 0. The van der Waals surface area contributed by atoms with Gasteiger partial charge in [-0.25, -0.2) is 14.8 Å². The van der Waals surface area contributed by atoms with E-state index in [4.69, 9.17) is 9.82 Å². The van der Waals surface area contributed by atoms with Crippen LogP contribution in [0.3, 0.4) is 0 Å². The first-order valence-corrected chi connectivity index (χ1v) is 20.9. The molecule has 1 amide bonds. The lowest BCUT2D eigenvalue weighted by Crippen LogP contribution is -2.21. The number of hydrogen-bond donors (Lipinski definition) is 4. The lowest BCUT2D eigenvalue weighted by atomic mass is 10.00. The molecule has 0 fully saturated rings. The van der Waals surface area contributed by atoms with E-state index < -0.39 is 12.1 Å². The highest BCUT2D eigenvalue weighted by molar-refractivity contribution is 6.03. The van der Waals surface area contributed by atoms with Crippen LogP contribution in [0.1, 0.15) is 103 Å². The van der Waals surface area contributed by atoms with Gasteiger partial charge in [0.25, 0.3) is 0 Å². The topological polar surface area (TPSA) is 149 Å². The minimum atomic E-state index is -1.02. The summed E-state index contributed by atoms with van der Waals surface area (Å²) in [5.41, 5.74) is 8.03. The maximum absolute atomic E-state index is 12.5. The number of amides is 1. The van der Waals surface area contributed by atoms with Crippen molar-refractivity contribution in [2.24, 2.45) is 5.16 Å². The van der Waals surface area contributed by atoms with Crippen LogP contribution in [0.15, 0.2) is 103 Å². The van der Waals surface area contributed by atoms with Gasteiger partial charge in [-0.3, -0.25) is 4.79 Å². The predicted octanol–water partition coefficient (Wildman–Crippen LogP) is 10.3. The van der Waals surface area contributed by atoms with E-state index in [-0.39, 0.29) is 12.3 Å². The van der Waals surface area contributed by atoms with Gasteiger partial charge in [-0.15, -0.1) is 0 Å². The van der Waals surface area contributed by atoms with Crippen LogP contribution >= 0.6 is 0 Å². The summed E-state index contributed by atoms with van der Waals surface area (Å²) in [6, 6.07) is 24.3. The molecular formula is C47H59N7O4. The zero-order valence-corrected chi connectivity index (χ0v) is 34.3. The van der Waals surface area contributed by atoms with Crippen LogP contribution < -0.4 is 10.2 Å². The molecule has 1 unspecified atom stereocenters. The summed E-state index contributed by atoms with van der Waals surface area (Å²) in [4.78, 5) is 46.3. The molecular weight excluding hydrogens is 727 g/mol. The highest BCUT2D eigenvalue weighted by atomic mass is 16.7. The first-order valence-electron chi connectivity index (χ1n) is 20.9. The third-order valence-corrected chi connectivity index (χ3v) is 10.3. The molecule has 11 heteroatoms. The Bertz CT molecular complexity index is 2000. The average Bonchev–Trinajstić information content (AvgIpc) is 4.08. The Morgan fingerprint density at radius 3 is 2.00 bits per heavy atom. The van der Waals surface area contributed by atoms with Crippen molar-refractivity contribution in [2.75, 3.05) is 24.5 Å². The number of hydrogen-bond acceptors (Lipinski definition) is 7. The minimum absolute atomic E-state index is 0.0745. The van der Waals surface area contributed by atoms with Crippen molar-refractivity contribution in [2.45, 2.75) is 97.5 Å². The highest BCUT2D eigenvalue weighted by Crippen LogP contribution is 2.34. The smallest absolute Gasteiger partial charge is 0.348 e. The first kappa shape index (κ1) is 43.2. The standard InChI is InChI=1S/C44H55N5O4.C3H4N2/c1-4-7-8-9-10-11-12-13-14-15-30-45-40(50)29-18-32-16-19-34(20-17-32)41-42(35-23-21-33(22-24-35)38-31-39(44(51)52)53-48-38)47-43(46-41)36-25-27-37(28-26-36)49(5-2)6-3;1-2-5-3-4-1/h16-29,39H,4-15,30-31H2,1-3H3,(H,45,50)(H,46,47)(H,51,52);1-3H,(H,4,5)/b29-18+;. The highest BCUT2D eigenvalue weighted by Gasteiger charge is 2.28. The van der Waals surface area contributed by atoms with Crippen LogP contribution in [0, 0.1) is 0 Å². The Morgan fingerprint density at radius 1 is 0.810 bits per heavy atom. The Labute approximate surface area is 343 Å². The van der Waals surface area contributed by atoms with Gasteiger partial charge in [0.05, 0.1) is 23.4 Å². The predicted molar refractivity (Wildman–Crippen MR) is 235 cm³/mol. The number of benzene rings is 3. The summed E-state index contributed by atoms with van der Waals surface area (Å²) in [6.07, 6.45) is 20.5. The maximum Gasteiger partial charge on any atom is 0.348 e. The molecule has 3 heterocycles. The molecule has 0 radical (unpaired) electrons. The quantitative estimate of drug-likeness (QED) is 0.0427. The number of anilines is 1. The van der Waals surface area contributed by atoms with E-state index in [1.54, 1.807) is 24.8 Å². The number of oxime groups is 1. The van der Waals surface area contributed by atoms with E-state index in [0.717, 1.165) is 71.0 Å². The number of nitrogens with zero attached hydrogens (tertiary/aromatic N) is 4. The molecule has 0 spiro atoms. The number of carboxylic acids is 1. The molecule has 4 N–H and O–H groups in total. The molecule has 0 aliphatic carbocycles. The van der Waals surface area contributed by atoms with Gasteiger partial charge in [0.15, 0.2) is 0 Å². The molecule has 1 atom stereocenters. The number of rotatable bonds is 21. The molecule has 58 heavy (non-hydrogen) atoms. The van der Waals surface area contributed by atoms with Crippen molar-refractivity contribution in [3.05, 3.63) is 109 Å². The van der Waals surface area contributed by atoms with Crippen molar-refractivity contribution < 1.29 is 19.5 Å².